The van der Waals surface area contributed by atoms with E-state index in [2.05, 4.69) is 15.4 Å². The van der Waals surface area contributed by atoms with E-state index in [1.807, 2.05) is 71.4 Å². The van der Waals surface area contributed by atoms with Crippen LogP contribution < -0.4 is 19.5 Å². The number of methoxy groups -OCH3 is 2. The van der Waals surface area contributed by atoms with Crippen molar-refractivity contribution in [3.63, 3.8) is 0 Å². The van der Waals surface area contributed by atoms with Crippen LogP contribution in [0.5, 0.6) is 17.2 Å². The van der Waals surface area contributed by atoms with Crippen molar-refractivity contribution in [2.45, 2.75) is 12.1 Å². The molecule has 0 saturated carbocycles. The fourth-order valence-corrected chi connectivity index (χ4v) is 4.90. The molecule has 7 nitrogen and oxygen atoms in total. The van der Waals surface area contributed by atoms with Gasteiger partial charge in [-0.3, -0.25) is 0 Å². The molecular weight excluding hydrogens is 452 g/mol. The van der Waals surface area contributed by atoms with Crippen LogP contribution in [0.15, 0.2) is 78.6 Å². The van der Waals surface area contributed by atoms with Crippen LogP contribution in [0, 0.1) is 0 Å². The first-order chi connectivity index (χ1) is 16.7. The van der Waals surface area contributed by atoms with Crippen LogP contribution in [0.1, 0.15) is 28.8 Å². The second-order valence-corrected chi connectivity index (χ2v) is 8.49. The quantitative estimate of drug-likeness (QED) is 0.422. The minimum atomic E-state index is -0.397. The maximum absolute atomic E-state index is 6.61. The molecule has 0 unspecified atom stereocenters. The van der Waals surface area contributed by atoms with Crippen molar-refractivity contribution in [2.75, 3.05) is 19.5 Å². The largest absolute Gasteiger partial charge is 0.493 e. The zero-order chi connectivity index (χ0) is 23.2. The molecule has 0 saturated heterocycles. The number of rotatable bonds is 4. The summed E-state index contributed by atoms with van der Waals surface area (Å²) >= 11 is 6.38. The first kappa shape index (κ1) is 20.6. The molecule has 3 aromatic carbocycles. The van der Waals surface area contributed by atoms with Crippen molar-refractivity contribution >= 4 is 23.2 Å². The van der Waals surface area contributed by atoms with Crippen LogP contribution in [0.25, 0.3) is 5.70 Å². The van der Waals surface area contributed by atoms with E-state index in [1.54, 1.807) is 20.5 Å². The molecule has 2 atom stereocenters. The number of nitrogens with zero attached hydrogens (tertiary/aromatic N) is 3. The Hall–Kier alpha value is -3.97. The monoisotopic (exact) mass is 472 g/mol. The van der Waals surface area contributed by atoms with Gasteiger partial charge in [-0.25, -0.2) is 4.68 Å². The molecule has 1 aromatic heterocycles. The number of aromatic nitrogens is 3. The van der Waals surface area contributed by atoms with Gasteiger partial charge in [-0.1, -0.05) is 41.9 Å². The van der Waals surface area contributed by atoms with Crippen molar-refractivity contribution in [3.8, 4) is 17.2 Å². The Labute approximate surface area is 201 Å². The molecule has 6 rings (SSSR count). The third-order valence-corrected chi connectivity index (χ3v) is 6.43. The first-order valence-electron chi connectivity index (χ1n) is 10.8. The van der Waals surface area contributed by atoms with Gasteiger partial charge in [-0.05, 0) is 47.5 Å². The molecule has 2 aliphatic heterocycles. The molecule has 4 aromatic rings. The van der Waals surface area contributed by atoms with E-state index in [9.17, 15) is 0 Å². The van der Waals surface area contributed by atoms with Crippen LogP contribution in [0.3, 0.4) is 0 Å². The van der Waals surface area contributed by atoms with Crippen molar-refractivity contribution in [1.82, 2.24) is 14.8 Å². The molecular formula is C26H21ClN4O3. The SMILES string of the molecule is COc1ccc([C@@H]2C3=C(Nc4ncnn42)c2ccccc2O[C@@H]3c2cccc(Cl)c2)cc1OC. The van der Waals surface area contributed by atoms with Gasteiger partial charge >= 0.3 is 0 Å². The van der Waals surface area contributed by atoms with E-state index in [4.69, 9.17) is 25.8 Å². The Morgan fingerprint density at radius 2 is 1.79 bits per heavy atom. The molecule has 0 fully saturated rings. The average Bonchev–Trinajstić information content (AvgIpc) is 3.35. The zero-order valence-corrected chi connectivity index (χ0v) is 19.3. The lowest BCUT2D eigenvalue weighted by Gasteiger charge is -2.39. The molecule has 0 amide bonds. The van der Waals surface area contributed by atoms with Gasteiger partial charge in [0.25, 0.3) is 0 Å². The van der Waals surface area contributed by atoms with Crippen LogP contribution >= 0.6 is 11.6 Å². The number of halogens is 1. The van der Waals surface area contributed by atoms with Crippen molar-refractivity contribution in [1.29, 1.82) is 0 Å². The van der Waals surface area contributed by atoms with E-state index >= 15 is 0 Å². The summed E-state index contributed by atoms with van der Waals surface area (Å²) in [6.45, 7) is 0. The van der Waals surface area contributed by atoms with Crippen molar-refractivity contribution in [3.05, 3.63) is 100 Å². The number of nitrogens with one attached hydrogen (secondary N) is 1. The van der Waals surface area contributed by atoms with Crippen LogP contribution in [-0.4, -0.2) is 29.0 Å². The fourth-order valence-electron chi connectivity index (χ4n) is 4.71. The number of anilines is 1. The maximum atomic E-state index is 6.61. The van der Waals surface area contributed by atoms with Gasteiger partial charge in [-0.15, -0.1) is 0 Å². The Balaban J connectivity index is 1.62. The summed E-state index contributed by atoms with van der Waals surface area (Å²) in [5, 5.41) is 8.71. The second-order valence-electron chi connectivity index (χ2n) is 8.05. The lowest BCUT2D eigenvalue weighted by Crippen LogP contribution is -2.32. The molecule has 0 bridgehead atoms. The second kappa shape index (κ2) is 8.11. The number of fused-ring (bicyclic) bond motifs is 3. The summed E-state index contributed by atoms with van der Waals surface area (Å²) in [6.07, 6.45) is 1.15. The molecule has 0 aliphatic carbocycles. The highest BCUT2D eigenvalue weighted by atomic mass is 35.5. The Bertz CT molecular complexity index is 1430. The molecule has 34 heavy (non-hydrogen) atoms. The summed E-state index contributed by atoms with van der Waals surface area (Å²) in [5.74, 6) is 2.74. The lowest BCUT2D eigenvalue weighted by molar-refractivity contribution is 0.223. The number of hydrogen-bond acceptors (Lipinski definition) is 6. The van der Waals surface area contributed by atoms with Gasteiger partial charge < -0.3 is 19.5 Å². The highest BCUT2D eigenvalue weighted by Gasteiger charge is 2.41. The molecule has 0 radical (unpaired) electrons. The highest BCUT2D eigenvalue weighted by Crippen LogP contribution is 2.51. The first-order valence-corrected chi connectivity index (χ1v) is 11.2. The number of benzene rings is 3. The molecule has 3 heterocycles. The number of para-hydroxylation sites is 1. The van der Waals surface area contributed by atoms with Gasteiger partial charge in [0.1, 0.15) is 24.2 Å². The smallest absolute Gasteiger partial charge is 0.226 e. The van der Waals surface area contributed by atoms with Gasteiger partial charge in [0.15, 0.2) is 11.5 Å². The van der Waals surface area contributed by atoms with Crippen LogP contribution in [-0.2, 0) is 0 Å². The zero-order valence-electron chi connectivity index (χ0n) is 18.5. The normalized spacial score (nSPS) is 18.2. The standard InChI is InChI=1S/C26H21ClN4O3/c1-32-20-11-10-15(13-21(20)33-2)24-22-23(30-26-28-14-29-31(24)26)18-8-3-4-9-19(18)34-25(22)16-6-5-7-17(27)12-16/h3-14,24-25H,1-2H3,(H,28,29,30)/t24-,25-/m1/s1. The molecule has 170 valence electrons. The lowest BCUT2D eigenvalue weighted by atomic mass is 9.84. The molecule has 1 N–H and O–H groups in total. The summed E-state index contributed by atoms with van der Waals surface area (Å²) in [4.78, 5) is 4.47. The molecule has 2 aliphatic rings. The van der Waals surface area contributed by atoms with E-state index in [0.29, 0.717) is 22.5 Å². The van der Waals surface area contributed by atoms with Crippen molar-refractivity contribution in [2.24, 2.45) is 0 Å². The third kappa shape index (κ3) is 3.20. The number of ether oxygens (including phenoxy) is 3. The van der Waals surface area contributed by atoms with E-state index in [0.717, 1.165) is 33.7 Å². The minimum Gasteiger partial charge on any atom is -0.493 e. The predicted molar refractivity (Wildman–Crippen MR) is 130 cm³/mol. The van der Waals surface area contributed by atoms with E-state index in [-0.39, 0.29) is 6.04 Å². The average molecular weight is 473 g/mol. The molecule has 8 heteroatoms. The number of hydrogen-bond donors (Lipinski definition) is 1. The Kier molecular flexibility index (Phi) is 4.92. The van der Waals surface area contributed by atoms with Gasteiger partial charge in [-0.2, -0.15) is 10.1 Å². The topological polar surface area (TPSA) is 70.4 Å². The predicted octanol–water partition coefficient (Wildman–Crippen LogP) is 5.51. The third-order valence-electron chi connectivity index (χ3n) is 6.20. The molecule has 0 spiro atoms. The van der Waals surface area contributed by atoms with Crippen LogP contribution in [0.2, 0.25) is 5.02 Å². The highest BCUT2D eigenvalue weighted by molar-refractivity contribution is 6.30. The van der Waals surface area contributed by atoms with Crippen LogP contribution in [0.4, 0.5) is 5.95 Å². The Morgan fingerprint density at radius 1 is 0.941 bits per heavy atom. The fraction of sp³-hybridized carbons (Fsp3) is 0.154. The van der Waals surface area contributed by atoms with Gasteiger partial charge in [0, 0.05) is 16.2 Å². The summed E-state index contributed by atoms with van der Waals surface area (Å²) < 4.78 is 19.6. The summed E-state index contributed by atoms with van der Waals surface area (Å²) in [5.41, 5.74) is 4.84. The minimum absolute atomic E-state index is 0.300. The van der Waals surface area contributed by atoms with Crippen molar-refractivity contribution < 1.29 is 14.2 Å². The summed E-state index contributed by atoms with van der Waals surface area (Å²) in [6, 6.07) is 21.3. The van der Waals surface area contributed by atoms with E-state index < -0.39 is 6.10 Å². The van der Waals surface area contributed by atoms with Gasteiger partial charge in [0.05, 0.1) is 19.9 Å². The van der Waals surface area contributed by atoms with E-state index in [1.165, 1.54) is 0 Å². The summed E-state index contributed by atoms with van der Waals surface area (Å²) in [7, 11) is 3.25. The Morgan fingerprint density at radius 3 is 2.62 bits per heavy atom. The maximum Gasteiger partial charge on any atom is 0.226 e. The van der Waals surface area contributed by atoms with Gasteiger partial charge in [0.2, 0.25) is 5.95 Å².